The summed E-state index contributed by atoms with van der Waals surface area (Å²) in [5.41, 5.74) is 0.947. The summed E-state index contributed by atoms with van der Waals surface area (Å²) < 4.78 is 5.06. The number of likely N-dealkylation sites (N-methyl/N-ethyl adjacent to an activating group) is 1. The van der Waals surface area contributed by atoms with Crippen LogP contribution in [0.2, 0.25) is 0 Å². The van der Waals surface area contributed by atoms with Gasteiger partial charge in [-0.05, 0) is 26.5 Å². The number of anilines is 1. The van der Waals surface area contributed by atoms with Crippen molar-refractivity contribution in [2.45, 2.75) is 13.8 Å². The van der Waals surface area contributed by atoms with Gasteiger partial charge >= 0.3 is 6.09 Å². The number of ether oxygens (including phenoxy) is 1. The fraction of sp³-hybridized carbons (Fsp3) is 0.600. The molecule has 30 heavy (non-hydrogen) atoms. The second-order valence-electron chi connectivity index (χ2n) is 7.70. The van der Waals surface area contributed by atoms with Gasteiger partial charge in [-0.3, -0.25) is 4.79 Å². The average Bonchev–Trinajstić information content (AvgIpc) is 3.11. The SMILES string of the molecule is CCOC(=O)N1CCN(C(=O)c2sc3ncnc(N4CCN(C)CC4)c3c2C)CC1. The van der Waals surface area contributed by atoms with E-state index < -0.39 is 0 Å². The molecule has 0 radical (unpaired) electrons. The van der Waals surface area contributed by atoms with Crippen LogP contribution in [0.15, 0.2) is 6.33 Å². The van der Waals surface area contributed by atoms with Crippen LogP contribution in [0.5, 0.6) is 0 Å². The zero-order valence-corrected chi connectivity index (χ0v) is 18.6. The number of fused-ring (bicyclic) bond motifs is 1. The molecule has 4 heterocycles. The number of hydrogen-bond donors (Lipinski definition) is 0. The Morgan fingerprint density at radius 3 is 2.37 bits per heavy atom. The quantitative estimate of drug-likeness (QED) is 0.730. The minimum absolute atomic E-state index is 0.00309. The standard InChI is InChI=1S/C20H28N6O3S/c1-4-29-20(28)26-11-9-25(10-12-26)19(27)16-14(2)15-17(21-13-22-18(15)30-16)24-7-5-23(3)6-8-24/h13H,4-12H2,1-3H3. The van der Waals surface area contributed by atoms with E-state index in [1.807, 2.05) is 11.8 Å². The Balaban J connectivity index is 1.54. The molecule has 4 rings (SSSR count). The van der Waals surface area contributed by atoms with E-state index in [2.05, 4.69) is 26.8 Å². The monoisotopic (exact) mass is 432 g/mol. The van der Waals surface area contributed by atoms with Gasteiger partial charge in [0, 0.05) is 52.4 Å². The number of carbonyl (C=O) groups excluding carboxylic acids is 2. The fourth-order valence-electron chi connectivity index (χ4n) is 3.97. The maximum atomic E-state index is 13.3. The summed E-state index contributed by atoms with van der Waals surface area (Å²) in [6, 6.07) is 0. The smallest absolute Gasteiger partial charge is 0.409 e. The van der Waals surface area contributed by atoms with Crippen LogP contribution in [-0.4, -0.2) is 103 Å². The zero-order valence-electron chi connectivity index (χ0n) is 17.8. The largest absolute Gasteiger partial charge is 0.450 e. The van der Waals surface area contributed by atoms with Crippen LogP contribution in [0.4, 0.5) is 10.6 Å². The van der Waals surface area contributed by atoms with E-state index in [9.17, 15) is 9.59 Å². The molecule has 0 spiro atoms. The molecule has 0 unspecified atom stereocenters. The second kappa shape index (κ2) is 8.73. The minimum Gasteiger partial charge on any atom is -0.450 e. The molecule has 0 aromatic carbocycles. The number of hydrogen-bond acceptors (Lipinski definition) is 8. The van der Waals surface area contributed by atoms with Gasteiger partial charge in [0.1, 0.15) is 17.0 Å². The summed E-state index contributed by atoms with van der Waals surface area (Å²) in [6.07, 6.45) is 1.29. The third kappa shape index (κ3) is 3.93. The lowest BCUT2D eigenvalue weighted by Crippen LogP contribution is -2.50. The zero-order chi connectivity index (χ0) is 21.3. The molecule has 0 N–H and O–H groups in total. The summed E-state index contributed by atoms with van der Waals surface area (Å²) >= 11 is 1.43. The first-order valence-electron chi connectivity index (χ1n) is 10.4. The summed E-state index contributed by atoms with van der Waals surface area (Å²) in [4.78, 5) is 43.8. The van der Waals surface area contributed by atoms with Gasteiger partial charge in [-0.2, -0.15) is 0 Å². The minimum atomic E-state index is -0.310. The van der Waals surface area contributed by atoms with Crippen LogP contribution in [0.25, 0.3) is 10.2 Å². The highest BCUT2D eigenvalue weighted by molar-refractivity contribution is 7.20. The van der Waals surface area contributed by atoms with E-state index in [0.717, 1.165) is 47.8 Å². The molecule has 2 aromatic rings. The number of thiophene rings is 1. The van der Waals surface area contributed by atoms with Crippen molar-refractivity contribution >= 4 is 39.4 Å². The second-order valence-corrected chi connectivity index (χ2v) is 8.70. The Bertz CT molecular complexity index is 932. The molecule has 2 saturated heterocycles. The van der Waals surface area contributed by atoms with Crippen molar-refractivity contribution in [2.24, 2.45) is 0 Å². The van der Waals surface area contributed by atoms with Crippen molar-refractivity contribution in [3.05, 3.63) is 16.8 Å². The van der Waals surface area contributed by atoms with Crippen molar-refractivity contribution in [3.63, 3.8) is 0 Å². The van der Waals surface area contributed by atoms with Crippen LogP contribution < -0.4 is 4.90 Å². The number of amides is 2. The molecule has 2 fully saturated rings. The highest BCUT2D eigenvalue weighted by Gasteiger charge is 2.29. The van der Waals surface area contributed by atoms with E-state index in [1.165, 1.54) is 11.3 Å². The lowest BCUT2D eigenvalue weighted by molar-refractivity contribution is 0.0574. The molecule has 2 aromatic heterocycles. The molecule has 0 aliphatic carbocycles. The van der Waals surface area contributed by atoms with Crippen molar-refractivity contribution < 1.29 is 14.3 Å². The lowest BCUT2D eigenvalue weighted by Gasteiger charge is -2.34. The summed E-state index contributed by atoms with van der Waals surface area (Å²) in [6.45, 7) is 9.93. The lowest BCUT2D eigenvalue weighted by atomic mass is 10.1. The Labute approximate surface area is 180 Å². The van der Waals surface area contributed by atoms with Crippen molar-refractivity contribution in [3.8, 4) is 0 Å². The van der Waals surface area contributed by atoms with E-state index >= 15 is 0 Å². The third-order valence-corrected chi connectivity index (χ3v) is 6.98. The summed E-state index contributed by atoms with van der Waals surface area (Å²) in [7, 11) is 2.13. The predicted octanol–water partition coefficient (Wildman–Crippen LogP) is 1.67. The first-order chi connectivity index (χ1) is 14.5. The number of nitrogens with zero attached hydrogens (tertiary/aromatic N) is 6. The molecule has 0 atom stereocenters. The summed E-state index contributed by atoms with van der Waals surface area (Å²) in [5, 5.41) is 0.987. The number of carbonyl (C=O) groups is 2. The van der Waals surface area contributed by atoms with Gasteiger partial charge in [-0.15, -0.1) is 11.3 Å². The Hall–Kier alpha value is -2.46. The number of rotatable bonds is 3. The molecule has 2 aliphatic rings. The van der Waals surface area contributed by atoms with Gasteiger partial charge in [0.25, 0.3) is 5.91 Å². The van der Waals surface area contributed by atoms with E-state index in [0.29, 0.717) is 37.7 Å². The van der Waals surface area contributed by atoms with Gasteiger partial charge in [0.05, 0.1) is 16.9 Å². The maximum absolute atomic E-state index is 13.3. The first kappa shape index (κ1) is 20.8. The molecule has 9 nitrogen and oxygen atoms in total. The number of aromatic nitrogens is 2. The number of piperazine rings is 2. The molecule has 2 amide bonds. The molecule has 0 saturated carbocycles. The fourth-order valence-corrected chi connectivity index (χ4v) is 5.08. The van der Waals surface area contributed by atoms with Crippen molar-refractivity contribution in [1.29, 1.82) is 0 Å². The average molecular weight is 433 g/mol. The Morgan fingerprint density at radius 1 is 1.03 bits per heavy atom. The molecule has 10 heteroatoms. The van der Waals surface area contributed by atoms with Gasteiger partial charge < -0.3 is 24.3 Å². The van der Waals surface area contributed by atoms with E-state index in [4.69, 9.17) is 4.74 Å². The molecule has 0 bridgehead atoms. The molecular formula is C20H28N6O3S. The normalized spacial score (nSPS) is 18.2. The predicted molar refractivity (Wildman–Crippen MR) is 116 cm³/mol. The van der Waals surface area contributed by atoms with Crippen LogP contribution in [0.1, 0.15) is 22.2 Å². The van der Waals surface area contributed by atoms with Crippen LogP contribution >= 0.6 is 11.3 Å². The highest BCUT2D eigenvalue weighted by atomic mass is 32.1. The van der Waals surface area contributed by atoms with Crippen molar-refractivity contribution in [1.82, 2.24) is 24.7 Å². The molecular weight excluding hydrogens is 404 g/mol. The van der Waals surface area contributed by atoms with Gasteiger partial charge in [0.2, 0.25) is 0 Å². The van der Waals surface area contributed by atoms with Gasteiger partial charge in [0.15, 0.2) is 0 Å². The molecule has 162 valence electrons. The van der Waals surface area contributed by atoms with E-state index in [1.54, 1.807) is 18.2 Å². The molecule has 2 aliphatic heterocycles. The van der Waals surface area contributed by atoms with Crippen LogP contribution in [-0.2, 0) is 4.74 Å². The van der Waals surface area contributed by atoms with Crippen molar-refractivity contribution in [2.75, 3.05) is 70.9 Å². The summed E-state index contributed by atoms with van der Waals surface area (Å²) in [5.74, 6) is 0.927. The number of aryl methyl sites for hydroxylation is 1. The highest BCUT2D eigenvalue weighted by Crippen LogP contribution is 2.36. The van der Waals surface area contributed by atoms with Gasteiger partial charge in [-0.1, -0.05) is 0 Å². The van der Waals surface area contributed by atoms with Crippen LogP contribution in [0, 0.1) is 6.92 Å². The van der Waals surface area contributed by atoms with Gasteiger partial charge in [-0.25, -0.2) is 14.8 Å². The van der Waals surface area contributed by atoms with Crippen LogP contribution in [0.3, 0.4) is 0 Å². The topological polar surface area (TPSA) is 82.1 Å². The Morgan fingerprint density at radius 2 is 1.70 bits per heavy atom. The maximum Gasteiger partial charge on any atom is 0.409 e. The van der Waals surface area contributed by atoms with E-state index in [-0.39, 0.29) is 12.0 Å². The third-order valence-electron chi connectivity index (χ3n) is 5.80. The Kier molecular flexibility index (Phi) is 6.05. The first-order valence-corrected chi connectivity index (χ1v) is 11.2.